The van der Waals surface area contributed by atoms with Crippen LogP contribution in [0, 0.1) is 6.92 Å². The summed E-state index contributed by atoms with van der Waals surface area (Å²) in [4.78, 5) is 12.3. The van der Waals surface area contributed by atoms with Crippen molar-refractivity contribution in [1.29, 1.82) is 0 Å². The average Bonchev–Trinajstić information content (AvgIpc) is 2.99. The second kappa shape index (κ2) is 6.13. The van der Waals surface area contributed by atoms with E-state index in [1.165, 1.54) is 0 Å². The quantitative estimate of drug-likeness (QED) is 0.346. The van der Waals surface area contributed by atoms with E-state index in [0.717, 1.165) is 41.3 Å². The molecule has 2 aliphatic rings. The molecule has 0 saturated heterocycles. The SMILES string of the molecule is Cc1c2c(c(CCCCBr)c3c1Oc1ccccc1O3)C(=O)OC2. The van der Waals surface area contributed by atoms with Crippen molar-refractivity contribution in [1.82, 2.24) is 0 Å². The van der Waals surface area contributed by atoms with Crippen molar-refractivity contribution >= 4 is 21.9 Å². The molecule has 0 aliphatic carbocycles. The number of halogens is 1. The molecule has 0 fully saturated rings. The minimum Gasteiger partial charge on any atom is -0.457 e. The summed E-state index contributed by atoms with van der Waals surface area (Å²) in [7, 11) is 0. The number of ether oxygens (including phenoxy) is 3. The van der Waals surface area contributed by atoms with Crippen LogP contribution in [0.3, 0.4) is 0 Å². The van der Waals surface area contributed by atoms with Crippen molar-refractivity contribution in [3.05, 3.63) is 46.5 Å². The Hall–Kier alpha value is -2.01. The van der Waals surface area contributed by atoms with Gasteiger partial charge in [-0.3, -0.25) is 0 Å². The Bertz CT molecular complexity index is 829. The fourth-order valence-corrected chi connectivity index (χ4v) is 3.67. The molecule has 4 rings (SSSR count). The molecule has 2 aromatic rings. The highest BCUT2D eigenvalue weighted by Gasteiger charge is 2.35. The maximum Gasteiger partial charge on any atom is 0.339 e. The van der Waals surface area contributed by atoms with E-state index in [1.807, 2.05) is 31.2 Å². The lowest BCUT2D eigenvalue weighted by Crippen LogP contribution is -2.10. The zero-order valence-electron chi connectivity index (χ0n) is 13.4. The van der Waals surface area contributed by atoms with Gasteiger partial charge in [0.1, 0.15) is 6.61 Å². The van der Waals surface area contributed by atoms with Gasteiger partial charge in [0.2, 0.25) is 0 Å². The maximum atomic E-state index is 12.3. The number of alkyl halides is 1. The Labute approximate surface area is 148 Å². The van der Waals surface area contributed by atoms with Crippen molar-refractivity contribution in [3.8, 4) is 23.0 Å². The van der Waals surface area contributed by atoms with E-state index < -0.39 is 0 Å². The van der Waals surface area contributed by atoms with E-state index in [9.17, 15) is 4.79 Å². The highest BCUT2D eigenvalue weighted by molar-refractivity contribution is 9.09. The minimum atomic E-state index is -0.257. The van der Waals surface area contributed by atoms with E-state index in [-0.39, 0.29) is 5.97 Å². The number of carbonyl (C=O) groups excluding carboxylic acids is 1. The van der Waals surface area contributed by atoms with Crippen LogP contribution in [-0.2, 0) is 17.8 Å². The topological polar surface area (TPSA) is 44.8 Å². The van der Waals surface area contributed by atoms with Crippen LogP contribution in [0.25, 0.3) is 0 Å². The summed E-state index contributed by atoms with van der Waals surface area (Å²) in [5.74, 6) is 2.49. The number of hydrogen-bond donors (Lipinski definition) is 0. The van der Waals surface area contributed by atoms with E-state index in [0.29, 0.717) is 35.2 Å². The van der Waals surface area contributed by atoms with Gasteiger partial charge in [0, 0.05) is 22.0 Å². The number of unbranched alkanes of at least 4 members (excludes halogenated alkanes) is 1. The molecular formula is C19H17BrO4. The fraction of sp³-hybridized carbons (Fsp3) is 0.316. The molecule has 0 spiro atoms. The molecule has 0 atom stereocenters. The number of cyclic esters (lactones) is 1. The minimum absolute atomic E-state index is 0.257. The van der Waals surface area contributed by atoms with Gasteiger partial charge in [0.05, 0.1) is 5.56 Å². The first-order valence-corrected chi connectivity index (χ1v) is 9.19. The van der Waals surface area contributed by atoms with Crippen molar-refractivity contribution in [3.63, 3.8) is 0 Å². The smallest absolute Gasteiger partial charge is 0.339 e. The Morgan fingerprint density at radius 3 is 2.50 bits per heavy atom. The molecule has 0 radical (unpaired) electrons. The van der Waals surface area contributed by atoms with Gasteiger partial charge in [-0.2, -0.15) is 0 Å². The maximum absolute atomic E-state index is 12.3. The van der Waals surface area contributed by atoms with Crippen LogP contribution in [-0.4, -0.2) is 11.3 Å². The molecule has 2 heterocycles. The number of fused-ring (bicyclic) bond motifs is 3. The molecule has 5 heteroatoms. The summed E-state index contributed by atoms with van der Waals surface area (Å²) in [6.45, 7) is 2.27. The predicted octanol–water partition coefficient (Wildman–Crippen LogP) is 5.28. The summed E-state index contributed by atoms with van der Waals surface area (Å²) < 4.78 is 17.6. The standard InChI is InChI=1S/C19H17BrO4/c1-11-13-10-22-19(21)16(13)12(6-4-5-9-20)18-17(11)23-14-7-2-3-8-15(14)24-18/h2-3,7-8H,4-6,9-10H2,1H3. The van der Waals surface area contributed by atoms with Gasteiger partial charge in [0.25, 0.3) is 0 Å². The van der Waals surface area contributed by atoms with Gasteiger partial charge >= 0.3 is 5.97 Å². The number of hydrogen-bond acceptors (Lipinski definition) is 4. The highest BCUT2D eigenvalue weighted by atomic mass is 79.9. The lowest BCUT2D eigenvalue weighted by atomic mass is 9.92. The fourth-order valence-electron chi connectivity index (χ4n) is 3.27. The number of para-hydroxylation sites is 2. The molecule has 124 valence electrons. The Kier molecular flexibility index (Phi) is 3.96. The third-order valence-electron chi connectivity index (χ3n) is 4.51. The Morgan fingerprint density at radius 2 is 1.79 bits per heavy atom. The largest absolute Gasteiger partial charge is 0.457 e. The molecule has 0 saturated carbocycles. The van der Waals surface area contributed by atoms with Crippen molar-refractivity contribution in [2.24, 2.45) is 0 Å². The normalized spacial score (nSPS) is 14.2. The first kappa shape index (κ1) is 15.5. The summed E-state index contributed by atoms with van der Waals surface area (Å²) >= 11 is 3.46. The number of benzene rings is 2. The van der Waals surface area contributed by atoms with Crippen LogP contribution >= 0.6 is 15.9 Å². The van der Waals surface area contributed by atoms with Gasteiger partial charge in [-0.1, -0.05) is 28.1 Å². The molecule has 0 amide bonds. The van der Waals surface area contributed by atoms with E-state index in [2.05, 4.69) is 15.9 Å². The van der Waals surface area contributed by atoms with Crippen LogP contribution in [0.1, 0.15) is 39.9 Å². The molecular weight excluding hydrogens is 372 g/mol. The van der Waals surface area contributed by atoms with E-state index >= 15 is 0 Å². The Balaban J connectivity index is 1.87. The molecule has 0 aromatic heterocycles. The monoisotopic (exact) mass is 388 g/mol. The molecule has 0 bridgehead atoms. The second-order valence-corrected chi connectivity index (χ2v) is 6.78. The molecule has 2 aromatic carbocycles. The van der Waals surface area contributed by atoms with Crippen molar-refractivity contribution in [2.75, 3.05) is 5.33 Å². The lowest BCUT2D eigenvalue weighted by molar-refractivity contribution is 0.0534. The third-order valence-corrected chi connectivity index (χ3v) is 5.07. The van der Waals surface area contributed by atoms with Crippen LogP contribution in [0.5, 0.6) is 23.0 Å². The van der Waals surface area contributed by atoms with Crippen LogP contribution in [0.4, 0.5) is 0 Å². The first-order valence-electron chi connectivity index (χ1n) is 8.07. The summed E-state index contributed by atoms with van der Waals surface area (Å²) in [5, 5.41) is 0.938. The highest BCUT2D eigenvalue weighted by Crippen LogP contribution is 2.52. The molecule has 4 nitrogen and oxygen atoms in total. The van der Waals surface area contributed by atoms with Gasteiger partial charge in [-0.25, -0.2) is 4.79 Å². The Morgan fingerprint density at radius 1 is 1.08 bits per heavy atom. The number of rotatable bonds is 4. The van der Waals surface area contributed by atoms with Gasteiger partial charge in [-0.15, -0.1) is 0 Å². The lowest BCUT2D eigenvalue weighted by Gasteiger charge is -2.26. The number of esters is 1. The number of carbonyl (C=O) groups is 1. The molecule has 2 aliphatic heterocycles. The zero-order valence-corrected chi connectivity index (χ0v) is 14.9. The van der Waals surface area contributed by atoms with Crippen molar-refractivity contribution in [2.45, 2.75) is 32.8 Å². The van der Waals surface area contributed by atoms with E-state index in [4.69, 9.17) is 14.2 Å². The molecule has 0 unspecified atom stereocenters. The summed E-state index contributed by atoms with van der Waals surface area (Å²) in [5.41, 5.74) is 3.42. The first-order chi connectivity index (χ1) is 11.7. The van der Waals surface area contributed by atoms with Crippen LogP contribution in [0.2, 0.25) is 0 Å². The van der Waals surface area contributed by atoms with Gasteiger partial charge in [-0.05, 0) is 38.3 Å². The second-order valence-electron chi connectivity index (χ2n) is 5.99. The van der Waals surface area contributed by atoms with Crippen molar-refractivity contribution < 1.29 is 19.0 Å². The zero-order chi connectivity index (χ0) is 16.7. The van der Waals surface area contributed by atoms with Gasteiger partial charge < -0.3 is 14.2 Å². The van der Waals surface area contributed by atoms with Gasteiger partial charge in [0.15, 0.2) is 23.0 Å². The van der Waals surface area contributed by atoms with Crippen LogP contribution in [0.15, 0.2) is 24.3 Å². The summed E-state index contributed by atoms with van der Waals surface area (Å²) in [6, 6.07) is 7.59. The molecule has 0 N–H and O–H groups in total. The third kappa shape index (κ3) is 2.38. The average molecular weight is 389 g/mol. The molecule has 24 heavy (non-hydrogen) atoms. The predicted molar refractivity (Wildman–Crippen MR) is 93.6 cm³/mol. The summed E-state index contributed by atoms with van der Waals surface area (Å²) in [6.07, 6.45) is 2.76. The van der Waals surface area contributed by atoms with E-state index in [1.54, 1.807) is 0 Å². The van der Waals surface area contributed by atoms with Crippen LogP contribution < -0.4 is 9.47 Å².